The zero-order valence-corrected chi connectivity index (χ0v) is 15.3. The van der Waals surface area contributed by atoms with Crippen LogP contribution in [0.25, 0.3) is 0 Å². The Labute approximate surface area is 150 Å². The second kappa shape index (κ2) is 7.21. The van der Waals surface area contributed by atoms with Crippen molar-refractivity contribution >= 4 is 35.2 Å². The summed E-state index contributed by atoms with van der Waals surface area (Å²) in [5.41, 5.74) is 0. The molecule has 8 heteroatoms. The van der Waals surface area contributed by atoms with Crippen molar-refractivity contribution in [3.63, 3.8) is 0 Å². The Morgan fingerprint density at radius 1 is 1.38 bits per heavy atom. The van der Waals surface area contributed by atoms with Crippen molar-refractivity contribution in [2.24, 2.45) is 0 Å². The first kappa shape index (κ1) is 18.9. The first-order valence-corrected chi connectivity index (χ1v) is 8.79. The van der Waals surface area contributed by atoms with Crippen LogP contribution in [0.2, 0.25) is 5.02 Å². The minimum Gasteiger partial charge on any atom is -0.480 e. The van der Waals surface area contributed by atoms with Crippen LogP contribution in [0.1, 0.15) is 27.2 Å². The van der Waals surface area contributed by atoms with Gasteiger partial charge in [-0.1, -0.05) is 30.3 Å². The molecular formula is C16H21ClN2O4S. The minimum atomic E-state index is -1.08. The Balaban J connectivity index is 2.26. The summed E-state index contributed by atoms with van der Waals surface area (Å²) >= 11 is 7.22. The number of hydrogen-bond acceptors (Lipinski definition) is 5. The molecule has 2 atom stereocenters. The highest BCUT2D eigenvalue weighted by atomic mass is 35.5. The third-order valence-electron chi connectivity index (χ3n) is 3.67. The lowest BCUT2D eigenvalue weighted by Gasteiger charge is -2.31. The number of halogens is 1. The van der Waals surface area contributed by atoms with E-state index in [-0.39, 0.29) is 12.5 Å². The number of rotatable bonds is 6. The quantitative estimate of drug-likeness (QED) is 0.711. The molecule has 1 heterocycles. The SMILES string of the molecule is CCC(=O)NCC1(Oc2ccc(Cl)cc2)NC(C(=O)O)C(C)(C)S1. The standard InChI is InChI=1S/C16H21ClN2O4S/c1-4-12(20)18-9-16(23-11-7-5-10(17)6-8-11)19-13(14(21)22)15(2,3)24-16/h5-8,13,19H,4,9H2,1-3H3,(H,18,20)(H,21,22). The number of aliphatic carboxylic acids is 1. The van der Waals surface area contributed by atoms with E-state index < -0.39 is 21.8 Å². The van der Waals surface area contributed by atoms with Crippen LogP contribution in [0.15, 0.2) is 24.3 Å². The summed E-state index contributed by atoms with van der Waals surface area (Å²) in [6.07, 6.45) is 0.341. The summed E-state index contributed by atoms with van der Waals surface area (Å²) in [5, 5.41) is 14.8. The first-order valence-electron chi connectivity index (χ1n) is 7.59. The third-order valence-corrected chi connectivity index (χ3v) is 5.36. The van der Waals surface area contributed by atoms with Crippen LogP contribution < -0.4 is 15.4 Å². The van der Waals surface area contributed by atoms with Crippen LogP contribution >= 0.6 is 23.4 Å². The van der Waals surface area contributed by atoms with Crippen LogP contribution in [-0.4, -0.2) is 39.4 Å². The molecule has 0 bridgehead atoms. The summed E-state index contributed by atoms with van der Waals surface area (Å²) in [6.45, 7) is 5.55. The van der Waals surface area contributed by atoms with Gasteiger partial charge in [-0.05, 0) is 38.1 Å². The zero-order valence-electron chi connectivity index (χ0n) is 13.8. The van der Waals surface area contributed by atoms with Gasteiger partial charge in [0.05, 0.1) is 6.54 Å². The molecule has 2 rings (SSSR count). The van der Waals surface area contributed by atoms with Gasteiger partial charge in [0.1, 0.15) is 11.8 Å². The van der Waals surface area contributed by atoms with Crippen molar-refractivity contribution in [3.8, 4) is 5.75 Å². The highest BCUT2D eigenvalue weighted by Crippen LogP contribution is 2.45. The molecular weight excluding hydrogens is 352 g/mol. The van der Waals surface area contributed by atoms with Gasteiger partial charge in [-0.25, -0.2) is 0 Å². The Hall–Kier alpha value is -1.44. The van der Waals surface area contributed by atoms with Crippen LogP contribution in [0.5, 0.6) is 5.75 Å². The number of carboxylic acid groups (broad SMARTS) is 1. The number of ether oxygens (including phenoxy) is 1. The molecule has 132 valence electrons. The van der Waals surface area contributed by atoms with Gasteiger partial charge in [0.2, 0.25) is 11.0 Å². The summed E-state index contributed by atoms with van der Waals surface area (Å²) in [4.78, 5) is 23.2. The fourth-order valence-electron chi connectivity index (χ4n) is 2.47. The zero-order chi connectivity index (χ0) is 18.0. The number of nitrogens with one attached hydrogen (secondary N) is 2. The fourth-order valence-corrected chi connectivity index (χ4v) is 4.18. The lowest BCUT2D eigenvalue weighted by atomic mass is 10.0. The fraction of sp³-hybridized carbons (Fsp3) is 0.500. The van der Waals surface area contributed by atoms with E-state index in [9.17, 15) is 14.7 Å². The van der Waals surface area contributed by atoms with Crippen molar-refractivity contribution in [1.82, 2.24) is 10.6 Å². The third kappa shape index (κ3) is 4.34. The highest BCUT2D eigenvalue weighted by Gasteiger charge is 2.55. The van der Waals surface area contributed by atoms with Crippen molar-refractivity contribution in [1.29, 1.82) is 0 Å². The topological polar surface area (TPSA) is 87.7 Å². The van der Waals surface area contributed by atoms with E-state index in [1.807, 2.05) is 13.8 Å². The molecule has 1 aliphatic heterocycles. The average Bonchev–Trinajstić information content (AvgIpc) is 2.79. The number of carboxylic acids is 1. The molecule has 1 aromatic rings. The number of amides is 1. The molecule has 0 saturated carbocycles. The van der Waals surface area contributed by atoms with E-state index in [1.54, 1.807) is 31.2 Å². The molecule has 24 heavy (non-hydrogen) atoms. The summed E-state index contributed by atoms with van der Waals surface area (Å²) in [5.74, 6) is -0.559. The summed E-state index contributed by atoms with van der Waals surface area (Å²) in [7, 11) is 0. The maximum Gasteiger partial charge on any atom is 0.322 e. The van der Waals surface area contributed by atoms with E-state index in [1.165, 1.54) is 11.8 Å². The maximum atomic E-state index is 11.6. The van der Waals surface area contributed by atoms with Gasteiger partial charge in [-0.2, -0.15) is 0 Å². The van der Waals surface area contributed by atoms with Gasteiger partial charge in [-0.15, -0.1) is 0 Å². The van der Waals surface area contributed by atoms with Gasteiger partial charge < -0.3 is 15.2 Å². The van der Waals surface area contributed by atoms with E-state index in [0.717, 1.165) is 0 Å². The monoisotopic (exact) mass is 372 g/mol. The molecule has 0 aromatic heterocycles. The van der Waals surface area contributed by atoms with E-state index in [2.05, 4.69) is 10.6 Å². The Morgan fingerprint density at radius 2 is 2.00 bits per heavy atom. The Kier molecular flexibility index (Phi) is 5.67. The van der Waals surface area contributed by atoms with Crippen molar-refractivity contribution in [2.45, 2.75) is 43.0 Å². The van der Waals surface area contributed by atoms with Crippen LogP contribution in [0.4, 0.5) is 0 Å². The summed E-state index contributed by atoms with van der Waals surface area (Å²) in [6, 6.07) is 5.97. The van der Waals surface area contributed by atoms with E-state index in [4.69, 9.17) is 16.3 Å². The lowest BCUT2D eigenvalue weighted by Crippen LogP contribution is -2.56. The van der Waals surface area contributed by atoms with Gasteiger partial charge in [0.15, 0.2) is 0 Å². The second-order valence-electron chi connectivity index (χ2n) is 6.06. The molecule has 2 unspecified atom stereocenters. The van der Waals surface area contributed by atoms with E-state index >= 15 is 0 Å². The Morgan fingerprint density at radius 3 is 2.50 bits per heavy atom. The van der Waals surface area contributed by atoms with Crippen molar-refractivity contribution in [2.75, 3.05) is 6.54 Å². The van der Waals surface area contributed by atoms with Gasteiger partial charge >= 0.3 is 5.97 Å². The normalized spacial score (nSPS) is 25.2. The predicted molar refractivity (Wildman–Crippen MR) is 94.3 cm³/mol. The number of thioether (sulfide) groups is 1. The van der Waals surface area contributed by atoms with Gasteiger partial charge in [0.25, 0.3) is 0 Å². The van der Waals surface area contributed by atoms with Crippen LogP contribution in [0.3, 0.4) is 0 Å². The van der Waals surface area contributed by atoms with Gasteiger partial charge in [-0.3, -0.25) is 14.9 Å². The van der Waals surface area contributed by atoms with Crippen molar-refractivity contribution < 1.29 is 19.4 Å². The smallest absolute Gasteiger partial charge is 0.322 e. The molecule has 1 amide bonds. The number of benzene rings is 1. The molecule has 1 aliphatic rings. The lowest BCUT2D eigenvalue weighted by molar-refractivity contribution is -0.140. The predicted octanol–water partition coefficient (Wildman–Crippen LogP) is 2.47. The van der Waals surface area contributed by atoms with Crippen LogP contribution in [0, 0.1) is 0 Å². The minimum absolute atomic E-state index is 0.131. The number of hydrogen-bond donors (Lipinski definition) is 3. The van der Waals surface area contributed by atoms with Crippen LogP contribution in [-0.2, 0) is 9.59 Å². The highest BCUT2D eigenvalue weighted by molar-refractivity contribution is 8.02. The number of carbonyl (C=O) groups is 2. The average molecular weight is 373 g/mol. The van der Waals surface area contributed by atoms with Gasteiger partial charge in [0, 0.05) is 16.2 Å². The summed E-state index contributed by atoms with van der Waals surface area (Å²) < 4.78 is 5.43. The van der Waals surface area contributed by atoms with Crippen molar-refractivity contribution in [3.05, 3.63) is 29.3 Å². The molecule has 3 N–H and O–H groups in total. The molecule has 1 fully saturated rings. The number of carbonyl (C=O) groups excluding carboxylic acids is 1. The first-order chi connectivity index (χ1) is 11.2. The second-order valence-corrected chi connectivity index (χ2v) is 8.41. The van der Waals surface area contributed by atoms with E-state index in [0.29, 0.717) is 17.2 Å². The Bertz CT molecular complexity index is 623. The molecule has 0 aliphatic carbocycles. The maximum absolute atomic E-state index is 11.6. The molecule has 1 saturated heterocycles. The molecule has 6 nitrogen and oxygen atoms in total. The largest absolute Gasteiger partial charge is 0.480 e. The molecule has 0 spiro atoms. The molecule has 1 aromatic carbocycles. The molecule has 0 radical (unpaired) electrons.